The van der Waals surface area contributed by atoms with Gasteiger partial charge in [0.2, 0.25) is 0 Å². The number of hydrogen-bond donors (Lipinski definition) is 0. The third kappa shape index (κ3) is 5.28. The number of hydrogen-bond acceptors (Lipinski definition) is 1. The number of aromatic nitrogens is 2. The Hall–Kier alpha value is -2.56. The second kappa shape index (κ2) is 8.85. The van der Waals surface area contributed by atoms with Crippen molar-refractivity contribution in [3.63, 3.8) is 0 Å². The number of halogens is 3. The molecule has 0 amide bonds. The van der Waals surface area contributed by atoms with Crippen molar-refractivity contribution in [3.8, 4) is 11.4 Å². The van der Waals surface area contributed by atoms with E-state index in [1.54, 1.807) is 0 Å². The summed E-state index contributed by atoms with van der Waals surface area (Å²) in [7, 11) is 0. The number of allylic oxidation sites excluding steroid dienone is 2. The first-order valence-electron chi connectivity index (χ1n) is 10.0. The fourth-order valence-electron chi connectivity index (χ4n) is 3.48. The summed E-state index contributed by atoms with van der Waals surface area (Å²) in [6, 6.07) is 13.1. The van der Waals surface area contributed by atoms with Crippen LogP contribution in [0.25, 0.3) is 22.4 Å². The number of fused-ring (bicyclic) bond motifs is 1. The number of para-hydroxylation sites is 2. The van der Waals surface area contributed by atoms with Crippen molar-refractivity contribution in [2.24, 2.45) is 5.92 Å². The van der Waals surface area contributed by atoms with Gasteiger partial charge in [0.25, 0.3) is 0 Å². The molecule has 1 aromatic heterocycles. The van der Waals surface area contributed by atoms with Crippen LogP contribution in [0, 0.1) is 5.92 Å². The smallest absolute Gasteiger partial charge is 0.324 e. The van der Waals surface area contributed by atoms with E-state index in [2.05, 4.69) is 31.4 Å². The standard InChI is InChI=1S/C24H27F3N2/c1-17(2)7-6-8-18(3)15-16-29-22-10-5-4-9-21(22)28-23(29)19-11-13-20(14-12-19)24(25,26)27/h4-5,7,9-14,18H,6,8,15-16H2,1-3H3. The van der Waals surface area contributed by atoms with Gasteiger partial charge >= 0.3 is 6.18 Å². The number of aryl methyl sites for hydroxylation is 1. The van der Waals surface area contributed by atoms with Crippen molar-refractivity contribution in [1.82, 2.24) is 9.55 Å². The summed E-state index contributed by atoms with van der Waals surface area (Å²) in [5.74, 6) is 1.27. The molecule has 0 bridgehead atoms. The zero-order valence-corrected chi connectivity index (χ0v) is 17.1. The molecule has 154 valence electrons. The minimum absolute atomic E-state index is 0.548. The summed E-state index contributed by atoms with van der Waals surface area (Å²) < 4.78 is 40.8. The van der Waals surface area contributed by atoms with Gasteiger partial charge in [0.05, 0.1) is 16.6 Å². The van der Waals surface area contributed by atoms with E-state index in [4.69, 9.17) is 4.98 Å². The van der Waals surface area contributed by atoms with Crippen LogP contribution in [0.5, 0.6) is 0 Å². The molecular formula is C24H27F3N2. The molecule has 0 aliphatic heterocycles. The summed E-state index contributed by atoms with van der Waals surface area (Å²) in [6.07, 6.45) is 1.11. The van der Waals surface area contributed by atoms with Crippen LogP contribution < -0.4 is 0 Å². The summed E-state index contributed by atoms with van der Waals surface area (Å²) in [4.78, 5) is 4.71. The van der Waals surface area contributed by atoms with Crippen LogP contribution in [0.15, 0.2) is 60.2 Å². The largest absolute Gasteiger partial charge is 0.416 e. The van der Waals surface area contributed by atoms with Gasteiger partial charge in [0, 0.05) is 12.1 Å². The predicted molar refractivity (Wildman–Crippen MR) is 113 cm³/mol. The molecule has 1 unspecified atom stereocenters. The van der Waals surface area contributed by atoms with Crippen LogP contribution in [0.2, 0.25) is 0 Å². The van der Waals surface area contributed by atoms with Crippen LogP contribution in [0.4, 0.5) is 13.2 Å². The number of imidazole rings is 1. The summed E-state index contributed by atoms with van der Waals surface area (Å²) in [5, 5.41) is 0. The first-order valence-corrected chi connectivity index (χ1v) is 10.0. The molecule has 1 heterocycles. The van der Waals surface area contributed by atoms with Gasteiger partial charge in [-0.05, 0) is 63.3 Å². The molecule has 0 saturated carbocycles. The number of alkyl halides is 3. The van der Waals surface area contributed by atoms with Gasteiger partial charge in [-0.15, -0.1) is 0 Å². The SMILES string of the molecule is CC(C)=CCCC(C)CCn1c(-c2ccc(C(F)(F)F)cc2)nc2ccccc21. The fourth-order valence-corrected chi connectivity index (χ4v) is 3.48. The van der Waals surface area contributed by atoms with E-state index in [1.807, 2.05) is 24.3 Å². The molecule has 0 fully saturated rings. The van der Waals surface area contributed by atoms with Crippen LogP contribution in [-0.4, -0.2) is 9.55 Å². The summed E-state index contributed by atoms with van der Waals surface area (Å²) in [5.41, 5.74) is 3.27. The molecule has 0 aliphatic rings. The lowest BCUT2D eigenvalue weighted by atomic mass is 10.0. The van der Waals surface area contributed by atoms with Crippen molar-refractivity contribution in [2.45, 2.75) is 52.8 Å². The molecule has 0 aliphatic carbocycles. The maximum Gasteiger partial charge on any atom is 0.416 e. The minimum atomic E-state index is -4.33. The Morgan fingerprint density at radius 3 is 2.38 bits per heavy atom. The Bertz CT molecular complexity index is 978. The number of rotatable bonds is 7. The lowest BCUT2D eigenvalue weighted by Crippen LogP contribution is -2.06. The summed E-state index contributed by atoms with van der Waals surface area (Å²) in [6.45, 7) is 7.25. The first kappa shape index (κ1) is 21.2. The molecule has 0 spiro atoms. The molecule has 0 N–H and O–H groups in total. The zero-order valence-electron chi connectivity index (χ0n) is 17.1. The Kier molecular flexibility index (Phi) is 6.46. The van der Waals surface area contributed by atoms with Crippen molar-refractivity contribution < 1.29 is 13.2 Å². The van der Waals surface area contributed by atoms with E-state index >= 15 is 0 Å². The van der Waals surface area contributed by atoms with Gasteiger partial charge in [-0.25, -0.2) is 4.98 Å². The van der Waals surface area contributed by atoms with Crippen LogP contribution >= 0.6 is 0 Å². The molecular weight excluding hydrogens is 373 g/mol. The highest BCUT2D eigenvalue weighted by molar-refractivity contribution is 5.80. The van der Waals surface area contributed by atoms with Crippen molar-refractivity contribution >= 4 is 11.0 Å². The topological polar surface area (TPSA) is 17.8 Å². The summed E-state index contributed by atoms with van der Waals surface area (Å²) >= 11 is 0. The Balaban J connectivity index is 1.85. The van der Waals surface area contributed by atoms with E-state index in [1.165, 1.54) is 17.7 Å². The van der Waals surface area contributed by atoms with Crippen LogP contribution in [-0.2, 0) is 12.7 Å². The van der Waals surface area contributed by atoms with E-state index in [-0.39, 0.29) is 0 Å². The lowest BCUT2D eigenvalue weighted by Gasteiger charge is -2.14. The second-order valence-electron chi connectivity index (χ2n) is 7.90. The third-order valence-electron chi connectivity index (χ3n) is 5.18. The van der Waals surface area contributed by atoms with E-state index < -0.39 is 11.7 Å². The number of benzene rings is 2. The van der Waals surface area contributed by atoms with Gasteiger partial charge in [0.15, 0.2) is 0 Å². The monoisotopic (exact) mass is 400 g/mol. The van der Waals surface area contributed by atoms with Crippen LogP contribution in [0.1, 0.15) is 45.6 Å². The van der Waals surface area contributed by atoms with E-state index in [0.717, 1.165) is 54.8 Å². The third-order valence-corrected chi connectivity index (χ3v) is 5.18. The molecule has 1 atom stereocenters. The minimum Gasteiger partial charge on any atom is -0.324 e. The molecule has 29 heavy (non-hydrogen) atoms. The van der Waals surface area contributed by atoms with Crippen LogP contribution in [0.3, 0.4) is 0 Å². The first-order chi connectivity index (χ1) is 13.8. The number of nitrogens with zero attached hydrogens (tertiary/aromatic N) is 2. The van der Waals surface area contributed by atoms with Gasteiger partial charge in [-0.3, -0.25) is 0 Å². The predicted octanol–water partition coefficient (Wildman–Crippen LogP) is 7.49. The molecule has 2 aromatic carbocycles. The molecule has 3 rings (SSSR count). The highest BCUT2D eigenvalue weighted by Crippen LogP contribution is 2.32. The van der Waals surface area contributed by atoms with Crippen molar-refractivity contribution in [3.05, 3.63) is 65.7 Å². The molecule has 5 heteroatoms. The lowest BCUT2D eigenvalue weighted by molar-refractivity contribution is -0.137. The zero-order chi connectivity index (χ0) is 21.0. The molecule has 0 saturated heterocycles. The molecule has 3 aromatic rings. The molecule has 0 radical (unpaired) electrons. The highest BCUT2D eigenvalue weighted by atomic mass is 19.4. The van der Waals surface area contributed by atoms with Gasteiger partial charge in [-0.2, -0.15) is 13.2 Å². The fraction of sp³-hybridized carbons (Fsp3) is 0.375. The Morgan fingerprint density at radius 2 is 1.72 bits per heavy atom. The highest BCUT2D eigenvalue weighted by Gasteiger charge is 2.30. The van der Waals surface area contributed by atoms with Gasteiger partial charge < -0.3 is 4.57 Å². The van der Waals surface area contributed by atoms with E-state index in [9.17, 15) is 13.2 Å². The normalized spacial score (nSPS) is 12.9. The quantitative estimate of drug-likeness (QED) is 0.376. The van der Waals surface area contributed by atoms with Gasteiger partial charge in [-0.1, -0.05) is 42.8 Å². The Morgan fingerprint density at radius 1 is 1.03 bits per heavy atom. The van der Waals surface area contributed by atoms with E-state index in [0.29, 0.717) is 11.5 Å². The molecule has 2 nitrogen and oxygen atoms in total. The van der Waals surface area contributed by atoms with Gasteiger partial charge in [0.1, 0.15) is 5.82 Å². The maximum absolute atomic E-state index is 12.9. The average Bonchev–Trinajstić information content (AvgIpc) is 3.04. The Labute approximate surface area is 170 Å². The van der Waals surface area contributed by atoms with Crippen molar-refractivity contribution in [1.29, 1.82) is 0 Å². The maximum atomic E-state index is 12.9. The van der Waals surface area contributed by atoms with Crippen molar-refractivity contribution in [2.75, 3.05) is 0 Å². The average molecular weight is 400 g/mol. The second-order valence-corrected chi connectivity index (χ2v) is 7.90.